The fraction of sp³-hybridized carbons (Fsp3) is 0.625. The Hall–Kier alpha value is -0.440. The molecule has 0 radical (unpaired) electrons. The summed E-state index contributed by atoms with van der Waals surface area (Å²) in [6.45, 7) is 4.35. The van der Waals surface area contributed by atoms with Gasteiger partial charge >= 0.3 is 5.97 Å². The Kier molecular flexibility index (Phi) is 3.00. The van der Waals surface area contributed by atoms with E-state index in [0.29, 0.717) is 6.61 Å². The zero-order valence-electron chi connectivity index (χ0n) is 6.79. The molecule has 0 fully saturated rings. The van der Waals surface area contributed by atoms with Crippen LogP contribution >= 0.6 is 11.8 Å². The van der Waals surface area contributed by atoms with Crippen LogP contribution in [0.25, 0.3) is 0 Å². The molecule has 2 nitrogen and oxygen atoms in total. The average molecular weight is 172 g/mol. The molecule has 0 saturated carbocycles. The van der Waals surface area contributed by atoms with Crippen LogP contribution in [0.5, 0.6) is 0 Å². The van der Waals surface area contributed by atoms with Crippen LogP contribution in [0.1, 0.15) is 20.3 Å². The van der Waals surface area contributed by atoms with Crippen molar-refractivity contribution in [2.45, 2.75) is 25.5 Å². The van der Waals surface area contributed by atoms with Gasteiger partial charge in [-0.1, -0.05) is 5.57 Å². The normalized spacial score (nSPS) is 23.1. The van der Waals surface area contributed by atoms with Gasteiger partial charge in [-0.15, -0.1) is 11.8 Å². The lowest BCUT2D eigenvalue weighted by Gasteiger charge is -2.06. The van der Waals surface area contributed by atoms with E-state index in [1.165, 1.54) is 5.57 Å². The molecule has 1 atom stereocenters. The largest absolute Gasteiger partial charge is 0.465 e. The van der Waals surface area contributed by atoms with Gasteiger partial charge in [0.25, 0.3) is 0 Å². The van der Waals surface area contributed by atoms with Gasteiger partial charge in [0.15, 0.2) is 0 Å². The third kappa shape index (κ3) is 2.26. The van der Waals surface area contributed by atoms with Gasteiger partial charge < -0.3 is 4.74 Å². The van der Waals surface area contributed by atoms with Crippen LogP contribution in [0.4, 0.5) is 0 Å². The Bertz CT molecular complexity index is 187. The van der Waals surface area contributed by atoms with E-state index in [2.05, 4.69) is 0 Å². The first-order valence-electron chi connectivity index (χ1n) is 3.71. The van der Waals surface area contributed by atoms with Crippen LogP contribution in [0, 0.1) is 0 Å². The summed E-state index contributed by atoms with van der Waals surface area (Å²) in [5.41, 5.74) is 1.27. The molecule has 0 aromatic heterocycles. The minimum absolute atomic E-state index is 0.0231. The van der Waals surface area contributed by atoms with Crippen LogP contribution in [0.15, 0.2) is 11.0 Å². The topological polar surface area (TPSA) is 26.3 Å². The second-order valence-corrected chi connectivity index (χ2v) is 3.62. The molecular formula is C8H12O2S. The molecule has 0 saturated heterocycles. The standard InChI is InChI=1S/C8H12O2S/c1-3-10-8(9)7-4-6(2)5-11-7/h5,7H,3-4H2,1-2H3. The van der Waals surface area contributed by atoms with Gasteiger partial charge in [0.05, 0.1) is 6.61 Å². The molecule has 0 bridgehead atoms. The number of rotatable bonds is 2. The Morgan fingerprint density at radius 2 is 2.64 bits per heavy atom. The van der Waals surface area contributed by atoms with Crippen LogP contribution in [0.2, 0.25) is 0 Å². The first-order chi connectivity index (χ1) is 5.24. The highest BCUT2D eigenvalue weighted by atomic mass is 32.2. The van der Waals surface area contributed by atoms with Gasteiger partial charge in [0.2, 0.25) is 0 Å². The van der Waals surface area contributed by atoms with E-state index in [9.17, 15) is 4.79 Å². The average Bonchev–Trinajstić information content (AvgIpc) is 2.36. The first-order valence-corrected chi connectivity index (χ1v) is 4.66. The summed E-state index contributed by atoms with van der Waals surface area (Å²) in [5.74, 6) is -0.0781. The third-order valence-electron chi connectivity index (χ3n) is 1.49. The van der Waals surface area contributed by atoms with Gasteiger partial charge in [-0.2, -0.15) is 0 Å². The van der Waals surface area contributed by atoms with E-state index in [-0.39, 0.29) is 11.2 Å². The van der Waals surface area contributed by atoms with Gasteiger partial charge in [-0.05, 0) is 25.7 Å². The van der Waals surface area contributed by atoms with Crippen LogP contribution < -0.4 is 0 Å². The number of carbonyl (C=O) groups excluding carboxylic acids is 1. The van der Waals surface area contributed by atoms with Crippen molar-refractivity contribution in [1.82, 2.24) is 0 Å². The highest BCUT2D eigenvalue weighted by Crippen LogP contribution is 2.30. The Balaban J connectivity index is 2.34. The molecular weight excluding hydrogens is 160 g/mol. The second-order valence-electron chi connectivity index (χ2n) is 2.55. The summed E-state index contributed by atoms with van der Waals surface area (Å²) in [7, 11) is 0. The maximum atomic E-state index is 11.1. The van der Waals surface area contributed by atoms with Crippen molar-refractivity contribution in [3.63, 3.8) is 0 Å². The van der Waals surface area contributed by atoms with Crippen molar-refractivity contribution in [2.75, 3.05) is 6.61 Å². The number of carbonyl (C=O) groups is 1. The molecule has 3 heteroatoms. The SMILES string of the molecule is CCOC(=O)C1CC(C)=CS1. The lowest BCUT2D eigenvalue weighted by Crippen LogP contribution is -2.17. The summed E-state index contributed by atoms with van der Waals surface area (Å²) in [6.07, 6.45) is 0.851. The Morgan fingerprint density at radius 1 is 1.91 bits per heavy atom. The van der Waals surface area contributed by atoms with Crippen molar-refractivity contribution in [1.29, 1.82) is 0 Å². The summed E-state index contributed by atoms with van der Waals surface area (Å²) >= 11 is 1.56. The zero-order valence-corrected chi connectivity index (χ0v) is 7.61. The number of allylic oxidation sites excluding steroid dienone is 1. The van der Waals surface area contributed by atoms with E-state index < -0.39 is 0 Å². The van der Waals surface area contributed by atoms with E-state index in [1.807, 2.05) is 19.3 Å². The third-order valence-corrected chi connectivity index (χ3v) is 2.72. The van der Waals surface area contributed by atoms with Crippen LogP contribution in [-0.4, -0.2) is 17.8 Å². The highest BCUT2D eigenvalue weighted by molar-refractivity contribution is 8.03. The summed E-state index contributed by atoms with van der Waals surface area (Å²) in [4.78, 5) is 11.1. The molecule has 0 aromatic carbocycles. The van der Waals surface area contributed by atoms with Crippen molar-refractivity contribution in [3.05, 3.63) is 11.0 Å². The van der Waals surface area contributed by atoms with Gasteiger partial charge in [0, 0.05) is 0 Å². The molecule has 0 aromatic rings. The summed E-state index contributed by atoms with van der Waals surface area (Å²) in [5, 5.41) is 2.05. The van der Waals surface area contributed by atoms with Crippen LogP contribution in [-0.2, 0) is 9.53 Å². The predicted molar refractivity (Wildman–Crippen MR) is 46.4 cm³/mol. The maximum absolute atomic E-state index is 11.1. The summed E-state index contributed by atoms with van der Waals surface area (Å²) in [6, 6.07) is 0. The molecule has 1 aliphatic rings. The quantitative estimate of drug-likeness (QED) is 0.596. The fourth-order valence-electron chi connectivity index (χ4n) is 0.961. The Morgan fingerprint density at radius 3 is 3.09 bits per heavy atom. The number of hydrogen-bond donors (Lipinski definition) is 0. The minimum Gasteiger partial charge on any atom is -0.465 e. The molecule has 0 aliphatic carbocycles. The van der Waals surface area contributed by atoms with Crippen molar-refractivity contribution in [2.24, 2.45) is 0 Å². The molecule has 1 unspecified atom stereocenters. The molecule has 1 aliphatic heterocycles. The predicted octanol–water partition coefficient (Wildman–Crippen LogP) is 1.96. The minimum atomic E-state index is -0.0781. The van der Waals surface area contributed by atoms with Crippen molar-refractivity contribution in [3.8, 4) is 0 Å². The highest BCUT2D eigenvalue weighted by Gasteiger charge is 2.23. The van der Waals surface area contributed by atoms with E-state index in [0.717, 1.165) is 6.42 Å². The summed E-state index contributed by atoms with van der Waals surface area (Å²) < 4.78 is 4.88. The van der Waals surface area contributed by atoms with Crippen molar-refractivity contribution >= 4 is 17.7 Å². The number of hydrogen-bond acceptors (Lipinski definition) is 3. The Labute approximate surface area is 71.0 Å². The molecule has 1 heterocycles. The van der Waals surface area contributed by atoms with Crippen molar-refractivity contribution < 1.29 is 9.53 Å². The lowest BCUT2D eigenvalue weighted by atomic mass is 10.2. The van der Waals surface area contributed by atoms with Gasteiger partial charge in [-0.3, -0.25) is 4.79 Å². The zero-order chi connectivity index (χ0) is 8.27. The van der Waals surface area contributed by atoms with Gasteiger partial charge in [-0.25, -0.2) is 0 Å². The number of esters is 1. The molecule has 62 valence electrons. The van der Waals surface area contributed by atoms with E-state index in [1.54, 1.807) is 11.8 Å². The fourth-order valence-corrected chi connectivity index (χ4v) is 1.99. The van der Waals surface area contributed by atoms with E-state index in [4.69, 9.17) is 4.74 Å². The molecule has 1 rings (SSSR count). The monoisotopic (exact) mass is 172 g/mol. The molecule has 0 spiro atoms. The molecule has 0 N–H and O–H groups in total. The van der Waals surface area contributed by atoms with Crippen LogP contribution in [0.3, 0.4) is 0 Å². The smallest absolute Gasteiger partial charge is 0.319 e. The van der Waals surface area contributed by atoms with E-state index >= 15 is 0 Å². The van der Waals surface area contributed by atoms with Gasteiger partial charge in [0.1, 0.15) is 5.25 Å². The first kappa shape index (κ1) is 8.65. The number of thioether (sulfide) groups is 1. The molecule has 0 amide bonds. The lowest BCUT2D eigenvalue weighted by molar-refractivity contribution is -0.142. The molecule has 11 heavy (non-hydrogen) atoms. The second kappa shape index (κ2) is 3.81. The maximum Gasteiger partial charge on any atom is 0.319 e. The number of ether oxygens (including phenoxy) is 1.